The molecule has 0 bridgehead atoms. The molecule has 0 unspecified atom stereocenters. The molecule has 0 saturated carbocycles. The molecule has 3 amide bonds. The quantitative estimate of drug-likeness (QED) is 0.449. The van der Waals surface area contributed by atoms with Crippen LogP contribution in [-0.2, 0) is 20.8 Å². The summed E-state index contributed by atoms with van der Waals surface area (Å²) >= 11 is 0. The lowest BCUT2D eigenvalue weighted by Gasteiger charge is -2.21. The molecule has 0 spiro atoms. The number of nitrogens with one attached hydrogen (secondary N) is 2. The smallest absolute Gasteiger partial charge is 0.243 e. The molecule has 0 radical (unpaired) electrons. The Morgan fingerprint density at radius 1 is 0.964 bits per heavy atom. The van der Waals surface area contributed by atoms with Crippen LogP contribution in [0.1, 0.15) is 64.4 Å². The molecular formula is C21H32FN3O3. The zero-order valence-electron chi connectivity index (χ0n) is 16.8. The van der Waals surface area contributed by atoms with E-state index in [1.807, 2.05) is 0 Å². The first-order chi connectivity index (χ1) is 13.3. The van der Waals surface area contributed by atoms with Gasteiger partial charge >= 0.3 is 0 Å². The highest BCUT2D eigenvalue weighted by Crippen LogP contribution is 2.10. The third-order valence-electron chi connectivity index (χ3n) is 4.55. The maximum absolute atomic E-state index is 13.1. The van der Waals surface area contributed by atoms with Crippen LogP contribution in [0.5, 0.6) is 0 Å². The van der Waals surface area contributed by atoms with Crippen molar-refractivity contribution in [1.82, 2.24) is 10.6 Å². The van der Waals surface area contributed by atoms with Gasteiger partial charge in [0, 0.05) is 13.3 Å². The highest BCUT2D eigenvalue weighted by molar-refractivity contribution is 5.91. The van der Waals surface area contributed by atoms with Crippen LogP contribution >= 0.6 is 0 Å². The van der Waals surface area contributed by atoms with Gasteiger partial charge in [-0.2, -0.15) is 0 Å². The summed E-state index contributed by atoms with van der Waals surface area (Å²) in [5.74, 6) is -1.81. The van der Waals surface area contributed by atoms with E-state index in [4.69, 9.17) is 5.73 Å². The van der Waals surface area contributed by atoms with Gasteiger partial charge in [-0.1, -0.05) is 57.6 Å². The van der Waals surface area contributed by atoms with Crippen LogP contribution in [0.3, 0.4) is 0 Å². The Balaban J connectivity index is 2.64. The second kappa shape index (κ2) is 12.9. The van der Waals surface area contributed by atoms with Gasteiger partial charge in [0.15, 0.2) is 0 Å². The van der Waals surface area contributed by atoms with Crippen LogP contribution in [0.2, 0.25) is 0 Å². The lowest BCUT2D eigenvalue weighted by molar-refractivity contribution is -0.130. The second-order valence-electron chi connectivity index (χ2n) is 7.10. The molecule has 0 heterocycles. The second-order valence-corrected chi connectivity index (χ2v) is 7.10. The van der Waals surface area contributed by atoms with Crippen molar-refractivity contribution in [3.05, 3.63) is 35.6 Å². The van der Waals surface area contributed by atoms with Gasteiger partial charge in [-0.3, -0.25) is 14.4 Å². The molecule has 2 atom stereocenters. The monoisotopic (exact) mass is 393 g/mol. The molecule has 0 aliphatic heterocycles. The van der Waals surface area contributed by atoms with E-state index >= 15 is 0 Å². The van der Waals surface area contributed by atoms with Crippen molar-refractivity contribution in [3.8, 4) is 0 Å². The van der Waals surface area contributed by atoms with Gasteiger partial charge in [-0.15, -0.1) is 0 Å². The minimum absolute atomic E-state index is 0.189. The number of carbonyl (C=O) groups excluding carboxylic acids is 3. The number of benzene rings is 1. The Morgan fingerprint density at radius 2 is 1.57 bits per heavy atom. The van der Waals surface area contributed by atoms with E-state index in [0.29, 0.717) is 12.0 Å². The van der Waals surface area contributed by atoms with Crippen LogP contribution < -0.4 is 16.4 Å². The Bertz CT molecular complexity index is 634. The third-order valence-corrected chi connectivity index (χ3v) is 4.55. The van der Waals surface area contributed by atoms with Crippen LogP contribution in [-0.4, -0.2) is 29.8 Å². The minimum Gasteiger partial charge on any atom is -0.368 e. The van der Waals surface area contributed by atoms with Gasteiger partial charge in [-0.05, 0) is 24.1 Å². The standard InChI is InChI=1S/C21H32FN3O3/c1-3-4-5-6-7-8-9-18(20(23)27)25-21(28)19(24-15(2)26)14-16-10-12-17(22)13-11-16/h10-13,18-19H,3-9,14H2,1-2H3,(H2,23,27)(H,24,26)(H,25,28)/t18-,19+/m0/s1. The molecule has 4 N–H and O–H groups in total. The Morgan fingerprint density at radius 3 is 2.14 bits per heavy atom. The molecule has 0 aliphatic rings. The SMILES string of the molecule is CCCCCCCC[C@H](NC(=O)[C@@H](Cc1ccc(F)cc1)NC(C)=O)C(N)=O. The van der Waals surface area contributed by atoms with Crippen LogP contribution in [0.4, 0.5) is 4.39 Å². The molecule has 7 heteroatoms. The van der Waals surface area contributed by atoms with E-state index in [9.17, 15) is 18.8 Å². The number of hydrogen-bond donors (Lipinski definition) is 3. The summed E-state index contributed by atoms with van der Waals surface area (Å²) in [6.07, 6.45) is 7.03. The number of hydrogen-bond acceptors (Lipinski definition) is 3. The van der Waals surface area contributed by atoms with Gasteiger partial charge in [0.1, 0.15) is 17.9 Å². The number of halogens is 1. The summed E-state index contributed by atoms with van der Waals surface area (Å²) in [7, 11) is 0. The first-order valence-corrected chi connectivity index (χ1v) is 9.94. The number of unbranched alkanes of at least 4 members (excludes halogenated alkanes) is 5. The van der Waals surface area contributed by atoms with Crippen LogP contribution in [0.25, 0.3) is 0 Å². The predicted octanol–water partition coefficient (Wildman–Crippen LogP) is 2.59. The first-order valence-electron chi connectivity index (χ1n) is 9.94. The van der Waals surface area contributed by atoms with Crippen molar-refractivity contribution in [2.45, 2.75) is 77.3 Å². The summed E-state index contributed by atoms with van der Waals surface area (Å²) in [6, 6.07) is 4.06. The predicted molar refractivity (Wildman–Crippen MR) is 107 cm³/mol. The lowest BCUT2D eigenvalue weighted by Crippen LogP contribution is -2.53. The number of nitrogens with two attached hydrogens (primary N) is 1. The van der Waals surface area contributed by atoms with Crippen molar-refractivity contribution >= 4 is 17.7 Å². The van der Waals surface area contributed by atoms with Gasteiger partial charge in [0.05, 0.1) is 0 Å². The van der Waals surface area contributed by atoms with E-state index in [1.165, 1.54) is 31.9 Å². The molecule has 1 aromatic carbocycles. The van der Waals surface area contributed by atoms with E-state index in [2.05, 4.69) is 17.6 Å². The summed E-state index contributed by atoms with van der Waals surface area (Å²) in [5, 5.41) is 5.23. The average molecular weight is 394 g/mol. The van der Waals surface area contributed by atoms with Gasteiger partial charge in [-0.25, -0.2) is 4.39 Å². The molecule has 28 heavy (non-hydrogen) atoms. The zero-order valence-corrected chi connectivity index (χ0v) is 16.8. The summed E-state index contributed by atoms with van der Waals surface area (Å²) in [5.41, 5.74) is 6.13. The fourth-order valence-corrected chi connectivity index (χ4v) is 3.00. The molecule has 1 rings (SSSR count). The van der Waals surface area contributed by atoms with E-state index in [0.717, 1.165) is 25.7 Å². The molecule has 0 aromatic heterocycles. The lowest BCUT2D eigenvalue weighted by atomic mass is 10.0. The number of rotatable bonds is 13. The van der Waals surface area contributed by atoms with Crippen molar-refractivity contribution in [3.63, 3.8) is 0 Å². The first kappa shape index (κ1) is 23.6. The Hall–Kier alpha value is -2.44. The van der Waals surface area contributed by atoms with Gasteiger partial charge in [0.25, 0.3) is 0 Å². The largest absolute Gasteiger partial charge is 0.368 e. The highest BCUT2D eigenvalue weighted by Gasteiger charge is 2.25. The van der Waals surface area contributed by atoms with Crippen LogP contribution in [0, 0.1) is 5.82 Å². The Labute approximate surface area is 166 Å². The fourth-order valence-electron chi connectivity index (χ4n) is 3.00. The molecule has 156 valence electrons. The van der Waals surface area contributed by atoms with E-state index < -0.39 is 23.9 Å². The molecule has 0 aliphatic carbocycles. The normalized spacial score (nSPS) is 12.8. The third kappa shape index (κ3) is 9.48. The molecule has 6 nitrogen and oxygen atoms in total. The number of primary amides is 1. The van der Waals surface area contributed by atoms with Gasteiger partial charge in [0.2, 0.25) is 17.7 Å². The van der Waals surface area contributed by atoms with Crippen molar-refractivity contribution in [2.24, 2.45) is 5.73 Å². The van der Waals surface area contributed by atoms with Crippen molar-refractivity contribution < 1.29 is 18.8 Å². The fraction of sp³-hybridized carbons (Fsp3) is 0.571. The number of carbonyl (C=O) groups is 3. The zero-order chi connectivity index (χ0) is 20.9. The molecule has 1 aromatic rings. The van der Waals surface area contributed by atoms with Crippen molar-refractivity contribution in [1.29, 1.82) is 0 Å². The van der Waals surface area contributed by atoms with E-state index in [-0.39, 0.29) is 18.1 Å². The Kier molecular flexibility index (Phi) is 10.8. The molecular weight excluding hydrogens is 361 g/mol. The summed E-state index contributed by atoms with van der Waals surface area (Å²) < 4.78 is 13.1. The maximum Gasteiger partial charge on any atom is 0.243 e. The maximum atomic E-state index is 13.1. The molecule has 0 fully saturated rings. The molecule has 0 saturated heterocycles. The van der Waals surface area contributed by atoms with Crippen LogP contribution in [0.15, 0.2) is 24.3 Å². The summed E-state index contributed by atoms with van der Waals surface area (Å²) in [4.78, 5) is 35.8. The van der Waals surface area contributed by atoms with E-state index in [1.54, 1.807) is 12.1 Å². The number of amides is 3. The van der Waals surface area contributed by atoms with Gasteiger partial charge < -0.3 is 16.4 Å². The highest BCUT2D eigenvalue weighted by atomic mass is 19.1. The minimum atomic E-state index is -0.866. The summed E-state index contributed by atoms with van der Waals surface area (Å²) in [6.45, 7) is 3.46. The topological polar surface area (TPSA) is 101 Å². The van der Waals surface area contributed by atoms with Crippen molar-refractivity contribution in [2.75, 3.05) is 0 Å². The average Bonchev–Trinajstić information content (AvgIpc) is 2.64.